The first-order valence-corrected chi connectivity index (χ1v) is 6.47. The number of hydrogen-bond donors (Lipinski definition) is 1. The summed E-state index contributed by atoms with van der Waals surface area (Å²) in [7, 11) is 0. The van der Waals surface area contributed by atoms with Gasteiger partial charge in [0.2, 0.25) is 0 Å². The Bertz CT molecular complexity index is 719. The Morgan fingerprint density at radius 3 is 2.61 bits per heavy atom. The maximum absolute atomic E-state index is 11.6. The van der Waals surface area contributed by atoms with Crippen LogP contribution in [0.4, 0.5) is 11.4 Å². The summed E-state index contributed by atoms with van der Waals surface area (Å²) in [6, 6.07) is 8.61. The van der Waals surface area contributed by atoms with Gasteiger partial charge < -0.3 is 14.5 Å². The number of ether oxygens (including phenoxy) is 1. The normalized spacial score (nSPS) is 10.4. The van der Waals surface area contributed by atoms with E-state index in [4.69, 9.17) is 9.15 Å². The van der Waals surface area contributed by atoms with Gasteiger partial charge in [0.25, 0.3) is 11.6 Å². The number of rotatable bonds is 6. The summed E-state index contributed by atoms with van der Waals surface area (Å²) in [5.41, 5.74) is 0.278. The van der Waals surface area contributed by atoms with Crippen LogP contribution in [-0.2, 0) is 14.3 Å². The van der Waals surface area contributed by atoms with Gasteiger partial charge in [-0.15, -0.1) is 0 Å². The third kappa shape index (κ3) is 5.12. The summed E-state index contributed by atoms with van der Waals surface area (Å²) in [5.74, 6) is -0.767. The van der Waals surface area contributed by atoms with E-state index in [9.17, 15) is 19.7 Å². The van der Waals surface area contributed by atoms with Crippen LogP contribution in [0.15, 0.2) is 53.2 Å². The fourth-order valence-corrected chi connectivity index (χ4v) is 1.58. The van der Waals surface area contributed by atoms with Gasteiger partial charge in [-0.05, 0) is 30.3 Å². The third-order valence-electron chi connectivity index (χ3n) is 2.63. The van der Waals surface area contributed by atoms with Crippen molar-refractivity contribution in [2.75, 3.05) is 11.9 Å². The van der Waals surface area contributed by atoms with Gasteiger partial charge in [-0.25, -0.2) is 4.79 Å². The molecule has 0 aliphatic heterocycles. The van der Waals surface area contributed by atoms with Gasteiger partial charge in [0.15, 0.2) is 6.61 Å². The fourth-order valence-electron chi connectivity index (χ4n) is 1.58. The average Bonchev–Trinajstić information content (AvgIpc) is 3.05. The van der Waals surface area contributed by atoms with E-state index in [1.165, 1.54) is 36.6 Å². The number of non-ortho nitro benzene ring substituents is 1. The molecule has 0 atom stereocenters. The minimum Gasteiger partial charge on any atom is -0.465 e. The number of hydrogen-bond acceptors (Lipinski definition) is 6. The molecule has 23 heavy (non-hydrogen) atoms. The van der Waals surface area contributed by atoms with Crippen molar-refractivity contribution in [3.8, 4) is 0 Å². The Labute approximate surface area is 130 Å². The van der Waals surface area contributed by atoms with Gasteiger partial charge in [0.1, 0.15) is 5.76 Å². The number of nitrogens with zero attached hydrogens (tertiary/aromatic N) is 1. The first-order valence-electron chi connectivity index (χ1n) is 6.47. The molecule has 0 radical (unpaired) electrons. The van der Waals surface area contributed by atoms with Crippen LogP contribution in [0.25, 0.3) is 6.08 Å². The van der Waals surface area contributed by atoms with Crippen molar-refractivity contribution in [1.82, 2.24) is 0 Å². The topological polar surface area (TPSA) is 112 Å². The first-order chi connectivity index (χ1) is 11.0. The molecule has 0 fully saturated rings. The Balaban J connectivity index is 1.78. The zero-order chi connectivity index (χ0) is 16.7. The lowest BCUT2D eigenvalue weighted by Crippen LogP contribution is -2.20. The number of nitro benzene ring substituents is 1. The molecule has 8 nitrogen and oxygen atoms in total. The fraction of sp³-hybridized carbons (Fsp3) is 0.0667. The monoisotopic (exact) mass is 316 g/mol. The minimum absolute atomic E-state index is 0.0857. The molecule has 0 aliphatic rings. The van der Waals surface area contributed by atoms with Crippen molar-refractivity contribution in [2.45, 2.75) is 0 Å². The van der Waals surface area contributed by atoms with E-state index in [1.54, 1.807) is 12.1 Å². The largest absolute Gasteiger partial charge is 0.465 e. The van der Waals surface area contributed by atoms with E-state index in [0.29, 0.717) is 11.4 Å². The van der Waals surface area contributed by atoms with Gasteiger partial charge >= 0.3 is 5.97 Å². The lowest BCUT2D eigenvalue weighted by molar-refractivity contribution is -0.384. The molecule has 0 aliphatic carbocycles. The number of nitro groups is 1. The zero-order valence-electron chi connectivity index (χ0n) is 11.8. The van der Waals surface area contributed by atoms with E-state index >= 15 is 0 Å². The SMILES string of the molecule is O=C(COC(=O)C=Cc1ccco1)Nc1ccc([N+](=O)[O-])cc1. The average molecular weight is 316 g/mol. The van der Waals surface area contributed by atoms with E-state index in [1.807, 2.05) is 0 Å². The maximum Gasteiger partial charge on any atom is 0.331 e. The van der Waals surface area contributed by atoms with Crippen LogP contribution in [0.1, 0.15) is 5.76 Å². The number of nitrogens with one attached hydrogen (secondary N) is 1. The number of amides is 1. The predicted molar refractivity (Wildman–Crippen MR) is 80.4 cm³/mol. The molecular weight excluding hydrogens is 304 g/mol. The number of carbonyl (C=O) groups excluding carboxylic acids is 2. The lowest BCUT2D eigenvalue weighted by Gasteiger charge is -2.05. The Morgan fingerprint density at radius 1 is 1.26 bits per heavy atom. The van der Waals surface area contributed by atoms with Crippen LogP contribution < -0.4 is 5.32 Å². The summed E-state index contributed by atoms with van der Waals surface area (Å²) in [5, 5.41) is 13.0. The number of benzene rings is 1. The van der Waals surface area contributed by atoms with E-state index in [-0.39, 0.29) is 5.69 Å². The second kappa shape index (κ2) is 7.55. The Hall–Kier alpha value is -3.42. The van der Waals surface area contributed by atoms with Crippen molar-refractivity contribution < 1.29 is 23.7 Å². The Morgan fingerprint density at radius 2 is 2.00 bits per heavy atom. The highest BCUT2D eigenvalue weighted by molar-refractivity contribution is 5.94. The zero-order valence-corrected chi connectivity index (χ0v) is 11.8. The summed E-state index contributed by atoms with van der Waals surface area (Å²) in [6.45, 7) is -0.474. The van der Waals surface area contributed by atoms with Crippen LogP contribution in [0.5, 0.6) is 0 Å². The molecule has 0 saturated heterocycles. The third-order valence-corrected chi connectivity index (χ3v) is 2.63. The molecule has 2 aromatic rings. The molecule has 1 aromatic carbocycles. The molecule has 1 heterocycles. The Kier molecular flexibility index (Phi) is 5.24. The van der Waals surface area contributed by atoms with Gasteiger partial charge in [-0.2, -0.15) is 0 Å². The summed E-state index contributed by atoms with van der Waals surface area (Å²) in [4.78, 5) is 33.0. The molecule has 1 amide bonds. The van der Waals surface area contributed by atoms with Crippen molar-refractivity contribution >= 4 is 29.3 Å². The second-order valence-corrected chi connectivity index (χ2v) is 4.31. The number of carbonyl (C=O) groups is 2. The molecule has 0 unspecified atom stereocenters. The molecule has 0 spiro atoms. The maximum atomic E-state index is 11.6. The van der Waals surface area contributed by atoms with Crippen LogP contribution in [-0.4, -0.2) is 23.4 Å². The molecule has 1 N–H and O–H groups in total. The molecule has 118 valence electrons. The van der Waals surface area contributed by atoms with Gasteiger partial charge in [-0.1, -0.05) is 0 Å². The molecule has 1 aromatic heterocycles. The number of furan rings is 1. The van der Waals surface area contributed by atoms with Gasteiger partial charge in [0.05, 0.1) is 11.2 Å². The first kappa shape index (κ1) is 16.0. The van der Waals surface area contributed by atoms with Crippen molar-refractivity contribution in [2.24, 2.45) is 0 Å². The second-order valence-electron chi connectivity index (χ2n) is 4.31. The molecular formula is C15H12N2O6. The van der Waals surface area contributed by atoms with Crippen LogP contribution in [0.3, 0.4) is 0 Å². The highest BCUT2D eigenvalue weighted by Crippen LogP contribution is 2.15. The molecule has 0 bridgehead atoms. The van der Waals surface area contributed by atoms with Crippen LogP contribution >= 0.6 is 0 Å². The highest BCUT2D eigenvalue weighted by Gasteiger charge is 2.08. The molecule has 2 rings (SSSR count). The smallest absolute Gasteiger partial charge is 0.331 e. The number of anilines is 1. The van der Waals surface area contributed by atoms with Crippen LogP contribution in [0.2, 0.25) is 0 Å². The summed E-state index contributed by atoms with van der Waals surface area (Å²) >= 11 is 0. The molecule has 8 heteroatoms. The van der Waals surface area contributed by atoms with Gasteiger partial charge in [0, 0.05) is 23.9 Å². The quantitative estimate of drug-likeness (QED) is 0.379. The minimum atomic E-state index is -0.694. The standard InChI is InChI=1S/C15H12N2O6/c18-14(16-11-3-5-12(6-4-11)17(20)21)10-23-15(19)8-7-13-2-1-9-22-13/h1-9H,10H2,(H,16,18). The van der Waals surface area contributed by atoms with E-state index < -0.39 is 23.4 Å². The lowest BCUT2D eigenvalue weighted by atomic mass is 10.3. The van der Waals surface area contributed by atoms with Gasteiger partial charge in [-0.3, -0.25) is 14.9 Å². The van der Waals surface area contributed by atoms with Crippen LogP contribution in [0, 0.1) is 10.1 Å². The molecule has 0 saturated carbocycles. The van der Waals surface area contributed by atoms with E-state index in [0.717, 1.165) is 6.08 Å². The number of esters is 1. The van der Waals surface area contributed by atoms with Crippen molar-refractivity contribution in [3.63, 3.8) is 0 Å². The summed E-state index contributed by atoms with van der Waals surface area (Å²) in [6.07, 6.45) is 4.01. The highest BCUT2D eigenvalue weighted by atomic mass is 16.6. The summed E-state index contributed by atoms with van der Waals surface area (Å²) < 4.78 is 9.74. The van der Waals surface area contributed by atoms with E-state index in [2.05, 4.69) is 5.32 Å². The van der Waals surface area contributed by atoms with Crippen molar-refractivity contribution in [3.05, 3.63) is 64.6 Å². The van der Waals surface area contributed by atoms with Crippen molar-refractivity contribution in [1.29, 1.82) is 0 Å². The predicted octanol–water partition coefficient (Wildman–Crippen LogP) is 2.38.